The monoisotopic (exact) mass is 295 g/mol. The minimum absolute atomic E-state index is 0.0862. The lowest BCUT2D eigenvalue weighted by atomic mass is 10.2. The second-order valence-corrected chi connectivity index (χ2v) is 5.96. The fraction of sp³-hybridized carbons (Fsp3) is 0.250. The molecule has 0 bridgehead atoms. The molecule has 0 atom stereocenters. The topological polar surface area (TPSA) is 116 Å². The van der Waals surface area contributed by atoms with Gasteiger partial charge in [0.1, 0.15) is 6.54 Å². The second-order valence-electron chi connectivity index (χ2n) is 3.94. The zero-order valence-corrected chi connectivity index (χ0v) is 11.5. The van der Waals surface area contributed by atoms with Crippen LogP contribution in [0, 0.1) is 11.3 Å². The number of rotatable bonds is 4. The number of benzene rings is 1. The molecule has 106 valence electrons. The maximum Gasteiger partial charge on any atom is 0.310 e. The van der Waals surface area contributed by atoms with Crippen molar-refractivity contribution < 1.29 is 18.0 Å². The molecule has 0 aliphatic carbocycles. The summed E-state index contributed by atoms with van der Waals surface area (Å²) >= 11 is 0. The van der Waals surface area contributed by atoms with E-state index in [1.54, 1.807) is 18.2 Å². The first kappa shape index (κ1) is 15.7. The molecule has 0 radical (unpaired) electrons. The van der Waals surface area contributed by atoms with Crippen LogP contribution in [-0.2, 0) is 26.0 Å². The van der Waals surface area contributed by atoms with E-state index in [4.69, 9.17) is 5.26 Å². The van der Waals surface area contributed by atoms with Crippen LogP contribution in [0.15, 0.2) is 29.2 Å². The third-order valence-corrected chi connectivity index (χ3v) is 3.47. The average Bonchev–Trinajstić information content (AvgIpc) is 2.41. The first-order valence-corrected chi connectivity index (χ1v) is 7.45. The predicted molar refractivity (Wildman–Crippen MR) is 70.0 cm³/mol. The first-order chi connectivity index (χ1) is 9.34. The largest absolute Gasteiger partial charge is 0.344 e. The summed E-state index contributed by atoms with van der Waals surface area (Å²) in [4.78, 5) is 22.7. The lowest BCUT2D eigenvalue weighted by Crippen LogP contribution is -2.39. The maximum absolute atomic E-state index is 11.3. The Morgan fingerprint density at radius 2 is 1.70 bits per heavy atom. The van der Waals surface area contributed by atoms with Crippen molar-refractivity contribution in [2.45, 2.75) is 11.4 Å². The number of amides is 2. The molecule has 2 N–H and O–H groups in total. The molecule has 0 aromatic heterocycles. The van der Waals surface area contributed by atoms with Crippen LogP contribution in [0.5, 0.6) is 0 Å². The molecule has 0 spiro atoms. The van der Waals surface area contributed by atoms with Gasteiger partial charge in [-0.1, -0.05) is 12.1 Å². The predicted octanol–water partition coefficient (Wildman–Crippen LogP) is -0.654. The van der Waals surface area contributed by atoms with Gasteiger partial charge in [-0.25, -0.2) is 8.42 Å². The molecule has 1 aromatic carbocycles. The van der Waals surface area contributed by atoms with Crippen LogP contribution < -0.4 is 10.6 Å². The van der Waals surface area contributed by atoms with E-state index in [0.717, 1.165) is 6.26 Å². The summed E-state index contributed by atoms with van der Waals surface area (Å²) in [6.07, 6.45) is 1.10. The average molecular weight is 295 g/mol. The molecular weight excluding hydrogens is 282 g/mol. The molecule has 1 aromatic rings. The van der Waals surface area contributed by atoms with Crippen molar-refractivity contribution in [1.29, 1.82) is 5.26 Å². The smallest absolute Gasteiger partial charge is 0.310 e. The number of nitrogens with one attached hydrogen (secondary N) is 2. The summed E-state index contributed by atoms with van der Waals surface area (Å²) in [6.45, 7) is -0.155. The Hall–Kier alpha value is -2.40. The highest BCUT2D eigenvalue weighted by Gasteiger charge is 2.12. The van der Waals surface area contributed by atoms with Crippen molar-refractivity contribution in [1.82, 2.24) is 10.6 Å². The molecular formula is C12H13N3O4S. The molecule has 0 aliphatic heterocycles. The summed E-state index contributed by atoms with van der Waals surface area (Å²) in [5.74, 6) is -1.74. The van der Waals surface area contributed by atoms with E-state index < -0.39 is 21.7 Å². The number of carbonyl (C=O) groups is 2. The molecule has 1 rings (SSSR count). The molecule has 0 heterocycles. The van der Waals surface area contributed by atoms with Crippen LogP contribution in [-0.4, -0.2) is 33.0 Å². The van der Waals surface area contributed by atoms with Crippen LogP contribution in [0.1, 0.15) is 5.56 Å². The van der Waals surface area contributed by atoms with E-state index in [1.807, 2.05) is 0 Å². The molecule has 0 fully saturated rings. The van der Waals surface area contributed by atoms with Crippen molar-refractivity contribution in [3.8, 4) is 6.07 Å². The highest BCUT2D eigenvalue weighted by atomic mass is 32.2. The zero-order chi connectivity index (χ0) is 15.2. The fourth-order valence-electron chi connectivity index (χ4n) is 1.32. The number of nitriles is 1. The van der Waals surface area contributed by atoms with Gasteiger partial charge in [0.25, 0.3) is 0 Å². The summed E-state index contributed by atoms with van der Waals surface area (Å²) in [5.41, 5.74) is 0.652. The van der Waals surface area contributed by atoms with Crippen LogP contribution in [0.2, 0.25) is 0 Å². The lowest BCUT2D eigenvalue weighted by molar-refractivity contribution is -0.139. The van der Waals surface area contributed by atoms with Gasteiger partial charge in [-0.2, -0.15) is 5.26 Å². The normalized spacial score (nSPS) is 10.4. The van der Waals surface area contributed by atoms with Crippen molar-refractivity contribution in [2.75, 3.05) is 12.8 Å². The summed E-state index contributed by atoms with van der Waals surface area (Å²) < 4.78 is 22.5. The molecule has 8 heteroatoms. The van der Waals surface area contributed by atoms with Crippen LogP contribution >= 0.6 is 0 Å². The SMILES string of the molecule is CS(=O)(=O)c1ccc(CNC(=O)C(=O)NCC#N)cc1. The van der Waals surface area contributed by atoms with Gasteiger partial charge < -0.3 is 10.6 Å². The van der Waals surface area contributed by atoms with Gasteiger partial charge in [-0.15, -0.1) is 0 Å². The first-order valence-electron chi connectivity index (χ1n) is 5.56. The number of hydrogen-bond donors (Lipinski definition) is 2. The molecule has 20 heavy (non-hydrogen) atoms. The molecule has 0 aliphatic rings. The molecule has 0 unspecified atom stereocenters. The number of nitrogens with zero attached hydrogens (tertiary/aromatic N) is 1. The highest BCUT2D eigenvalue weighted by molar-refractivity contribution is 7.90. The van der Waals surface area contributed by atoms with E-state index in [-0.39, 0.29) is 18.0 Å². The van der Waals surface area contributed by atoms with Crippen LogP contribution in [0.3, 0.4) is 0 Å². The van der Waals surface area contributed by atoms with Crippen LogP contribution in [0.25, 0.3) is 0 Å². The quantitative estimate of drug-likeness (QED) is 0.565. The molecule has 0 saturated carbocycles. The van der Waals surface area contributed by atoms with E-state index in [9.17, 15) is 18.0 Å². The molecule has 2 amide bonds. The van der Waals surface area contributed by atoms with E-state index >= 15 is 0 Å². The Kier molecular flexibility index (Phi) is 5.23. The van der Waals surface area contributed by atoms with Crippen LogP contribution in [0.4, 0.5) is 0 Å². The van der Waals surface area contributed by atoms with Gasteiger partial charge in [-0.3, -0.25) is 9.59 Å². The standard InChI is InChI=1S/C12H13N3O4S/c1-20(18,19)10-4-2-9(3-5-10)8-15-12(17)11(16)14-7-6-13/h2-5H,7-8H2,1H3,(H,14,16)(H,15,17). The Labute approximate surface area is 116 Å². The highest BCUT2D eigenvalue weighted by Crippen LogP contribution is 2.09. The number of hydrogen-bond acceptors (Lipinski definition) is 5. The van der Waals surface area contributed by atoms with E-state index in [2.05, 4.69) is 10.6 Å². The summed E-state index contributed by atoms with van der Waals surface area (Å²) in [5, 5.41) is 12.7. The number of sulfone groups is 1. The Balaban J connectivity index is 2.57. The Bertz CT molecular complexity index is 644. The van der Waals surface area contributed by atoms with Gasteiger partial charge in [0.2, 0.25) is 0 Å². The summed E-state index contributed by atoms with van der Waals surface area (Å²) in [6, 6.07) is 7.62. The minimum Gasteiger partial charge on any atom is -0.344 e. The Morgan fingerprint density at radius 3 is 2.20 bits per heavy atom. The van der Waals surface area contributed by atoms with E-state index in [1.165, 1.54) is 12.1 Å². The maximum atomic E-state index is 11.3. The van der Waals surface area contributed by atoms with Crippen molar-refractivity contribution in [2.24, 2.45) is 0 Å². The lowest BCUT2D eigenvalue weighted by Gasteiger charge is -2.05. The number of carbonyl (C=O) groups excluding carboxylic acids is 2. The molecule has 7 nitrogen and oxygen atoms in total. The van der Waals surface area contributed by atoms with Crippen molar-refractivity contribution >= 4 is 21.7 Å². The second kappa shape index (κ2) is 6.68. The van der Waals surface area contributed by atoms with Gasteiger partial charge >= 0.3 is 11.8 Å². The van der Waals surface area contributed by atoms with Gasteiger partial charge in [0.15, 0.2) is 9.84 Å². The minimum atomic E-state index is -3.26. The van der Waals surface area contributed by atoms with Gasteiger partial charge in [0, 0.05) is 12.8 Å². The third kappa shape index (κ3) is 4.70. The van der Waals surface area contributed by atoms with Crippen molar-refractivity contribution in [3.05, 3.63) is 29.8 Å². The fourth-order valence-corrected chi connectivity index (χ4v) is 1.95. The van der Waals surface area contributed by atoms with E-state index in [0.29, 0.717) is 5.56 Å². The van der Waals surface area contributed by atoms with Gasteiger partial charge in [0.05, 0.1) is 11.0 Å². The van der Waals surface area contributed by atoms with Gasteiger partial charge in [-0.05, 0) is 17.7 Å². The Morgan fingerprint density at radius 1 is 1.15 bits per heavy atom. The summed E-state index contributed by atoms with van der Waals surface area (Å²) in [7, 11) is -3.26. The third-order valence-electron chi connectivity index (χ3n) is 2.34. The molecule has 0 saturated heterocycles. The van der Waals surface area contributed by atoms with Crippen molar-refractivity contribution in [3.63, 3.8) is 0 Å². The zero-order valence-electron chi connectivity index (χ0n) is 10.7.